The molecule has 0 spiro atoms. The molecular weight excluding hydrogens is 193 g/mol. The molecule has 0 unspecified atom stereocenters. The van der Waals surface area contributed by atoms with E-state index in [2.05, 4.69) is 11.8 Å². The molecule has 0 saturated carbocycles. The highest BCUT2D eigenvalue weighted by Gasteiger charge is 2.03. The van der Waals surface area contributed by atoms with Crippen LogP contribution >= 0.6 is 0 Å². The first-order valence-corrected chi connectivity index (χ1v) is 5.21. The summed E-state index contributed by atoms with van der Waals surface area (Å²) < 4.78 is 18.7. The Balaban J connectivity index is 2.44. The summed E-state index contributed by atoms with van der Waals surface area (Å²) in [5.41, 5.74) is 0.908. The lowest BCUT2D eigenvalue weighted by molar-refractivity contribution is 0.236. The summed E-state index contributed by atoms with van der Waals surface area (Å²) in [7, 11) is 2.01. The number of likely N-dealkylation sites (N-methyl/N-ethyl adjacent to an activating group) is 1. The zero-order valence-corrected chi connectivity index (χ0v) is 9.59. The summed E-state index contributed by atoms with van der Waals surface area (Å²) in [6.07, 6.45) is 0. The van der Waals surface area contributed by atoms with Gasteiger partial charge in [0.1, 0.15) is 6.61 Å². The van der Waals surface area contributed by atoms with Crippen molar-refractivity contribution in [3.63, 3.8) is 0 Å². The Kier molecular flexibility index (Phi) is 4.56. The van der Waals surface area contributed by atoms with E-state index >= 15 is 0 Å². The van der Waals surface area contributed by atoms with Gasteiger partial charge in [0.2, 0.25) is 0 Å². The van der Waals surface area contributed by atoms with Gasteiger partial charge in [-0.1, -0.05) is 13.0 Å². The number of ether oxygens (including phenoxy) is 1. The Morgan fingerprint density at radius 2 is 2.13 bits per heavy atom. The molecule has 0 aliphatic heterocycles. The second-order valence-corrected chi connectivity index (χ2v) is 3.68. The summed E-state index contributed by atoms with van der Waals surface area (Å²) in [5, 5.41) is 0. The summed E-state index contributed by atoms with van der Waals surface area (Å²) in [6, 6.07) is 5.01. The van der Waals surface area contributed by atoms with Crippen molar-refractivity contribution in [2.75, 3.05) is 26.7 Å². The highest BCUT2D eigenvalue weighted by atomic mass is 19.1. The molecule has 0 atom stereocenters. The van der Waals surface area contributed by atoms with Crippen LogP contribution in [0.25, 0.3) is 0 Å². The summed E-state index contributed by atoms with van der Waals surface area (Å²) in [6.45, 7) is 6.23. The van der Waals surface area contributed by atoms with Gasteiger partial charge in [-0.25, -0.2) is 4.39 Å². The third kappa shape index (κ3) is 3.88. The minimum atomic E-state index is -0.283. The zero-order valence-electron chi connectivity index (χ0n) is 9.59. The quantitative estimate of drug-likeness (QED) is 0.741. The highest BCUT2D eigenvalue weighted by molar-refractivity contribution is 5.28. The van der Waals surface area contributed by atoms with Crippen molar-refractivity contribution < 1.29 is 9.13 Å². The number of nitrogens with zero attached hydrogens (tertiary/aromatic N) is 1. The molecule has 1 aromatic carbocycles. The number of halogens is 1. The van der Waals surface area contributed by atoms with Crippen molar-refractivity contribution in [2.45, 2.75) is 13.8 Å². The van der Waals surface area contributed by atoms with Crippen LogP contribution in [-0.2, 0) is 0 Å². The molecular formula is C12H18FNO. The van der Waals surface area contributed by atoms with Crippen LogP contribution < -0.4 is 4.74 Å². The van der Waals surface area contributed by atoms with Gasteiger partial charge in [-0.05, 0) is 38.2 Å². The topological polar surface area (TPSA) is 12.5 Å². The molecule has 3 heteroatoms. The van der Waals surface area contributed by atoms with E-state index in [1.165, 1.54) is 6.07 Å². The molecule has 0 amide bonds. The maximum absolute atomic E-state index is 13.3. The van der Waals surface area contributed by atoms with Crippen LogP contribution in [-0.4, -0.2) is 31.6 Å². The number of hydrogen-bond donors (Lipinski definition) is 0. The van der Waals surface area contributed by atoms with Crippen LogP contribution in [0.1, 0.15) is 12.5 Å². The summed E-state index contributed by atoms with van der Waals surface area (Å²) in [4.78, 5) is 2.12. The van der Waals surface area contributed by atoms with Crippen molar-refractivity contribution in [2.24, 2.45) is 0 Å². The molecule has 0 radical (unpaired) electrons. The fraction of sp³-hybridized carbons (Fsp3) is 0.500. The number of benzene rings is 1. The van der Waals surface area contributed by atoms with Crippen LogP contribution in [0.5, 0.6) is 5.75 Å². The number of aryl methyl sites for hydroxylation is 1. The second-order valence-electron chi connectivity index (χ2n) is 3.68. The lowest BCUT2D eigenvalue weighted by Gasteiger charge is -2.14. The molecule has 0 aromatic heterocycles. The number of hydrogen-bond acceptors (Lipinski definition) is 2. The van der Waals surface area contributed by atoms with E-state index in [1.807, 2.05) is 20.0 Å². The Bertz CT molecular complexity index is 314. The maximum Gasteiger partial charge on any atom is 0.165 e. The van der Waals surface area contributed by atoms with Gasteiger partial charge in [0.05, 0.1) is 0 Å². The molecule has 0 bridgehead atoms. The molecule has 0 N–H and O–H groups in total. The standard InChI is InChI=1S/C12H18FNO/c1-4-14(3)7-8-15-12-6-5-10(2)9-11(12)13/h5-6,9H,4,7-8H2,1-3H3. The number of rotatable bonds is 5. The van der Waals surface area contributed by atoms with Gasteiger partial charge in [-0.3, -0.25) is 0 Å². The third-order valence-electron chi connectivity index (χ3n) is 2.36. The van der Waals surface area contributed by atoms with E-state index in [0.717, 1.165) is 18.7 Å². The van der Waals surface area contributed by atoms with Crippen LogP contribution in [0.2, 0.25) is 0 Å². The van der Waals surface area contributed by atoms with Crippen LogP contribution in [0.3, 0.4) is 0 Å². The Morgan fingerprint density at radius 3 is 2.73 bits per heavy atom. The minimum Gasteiger partial charge on any atom is -0.489 e. The normalized spacial score (nSPS) is 10.7. The van der Waals surface area contributed by atoms with Crippen LogP contribution in [0.15, 0.2) is 18.2 Å². The third-order valence-corrected chi connectivity index (χ3v) is 2.36. The summed E-state index contributed by atoms with van der Waals surface area (Å²) in [5.74, 6) is 0.0549. The van der Waals surface area contributed by atoms with E-state index in [4.69, 9.17) is 4.74 Å². The first kappa shape index (κ1) is 12.0. The largest absolute Gasteiger partial charge is 0.489 e. The lowest BCUT2D eigenvalue weighted by atomic mass is 10.2. The molecule has 0 heterocycles. The monoisotopic (exact) mass is 211 g/mol. The Morgan fingerprint density at radius 1 is 1.40 bits per heavy atom. The summed E-state index contributed by atoms with van der Waals surface area (Å²) >= 11 is 0. The van der Waals surface area contributed by atoms with Crippen LogP contribution in [0, 0.1) is 12.7 Å². The predicted molar refractivity (Wildman–Crippen MR) is 59.8 cm³/mol. The van der Waals surface area contributed by atoms with Gasteiger partial charge in [-0.15, -0.1) is 0 Å². The van der Waals surface area contributed by atoms with Crippen molar-refractivity contribution in [1.82, 2.24) is 4.90 Å². The Labute approximate surface area is 90.7 Å². The van der Waals surface area contributed by atoms with Crippen molar-refractivity contribution in [3.05, 3.63) is 29.6 Å². The van der Waals surface area contributed by atoms with Crippen molar-refractivity contribution >= 4 is 0 Å². The minimum absolute atomic E-state index is 0.283. The average molecular weight is 211 g/mol. The van der Waals surface area contributed by atoms with Gasteiger partial charge < -0.3 is 9.64 Å². The lowest BCUT2D eigenvalue weighted by Crippen LogP contribution is -2.23. The van der Waals surface area contributed by atoms with Gasteiger partial charge in [0.25, 0.3) is 0 Å². The molecule has 0 saturated heterocycles. The van der Waals surface area contributed by atoms with E-state index in [1.54, 1.807) is 6.07 Å². The molecule has 0 fully saturated rings. The van der Waals surface area contributed by atoms with E-state index in [-0.39, 0.29) is 5.82 Å². The fourth-order valence-electron chi connectivity index (χ4n) is 1.19. The first-order chi connectivity index (χ1) is 7.13. The molecule has 0 aliphatic carbocycles. The van der Waals surface area contributed by atoms with Gasteiger partial charge in [0, 0.05) is 6.54 Å². The SMILES string of the molecule is CCN(C)CCOc1ccc(C)cc1F. The highest BCUT2D eigenvalue weighted by Crippen LogP contribution is 2.17. The molecule has 2 nitrogen and oxygen atoms in total. The van der Waals surface area contributed by atoms with Crippen molar-refractivity contribution in [3.8, 4) is 5.75 Å². The van der Waals surface area contributed by atoms with Gasteiger partial charge >= 0.3 is 0 Å². The van der Waals surface area contributed by atoms with Crippen molar-refractivity contribution in [1.29, 1.82) is 0 Å². The second kappa shape index (κ2) is 5.71. The molecule has 0 aliphatic rings. The first-order valence-electron chi connectivity index (χ1n) is 5.21. The zero-order chi connectivity index (χ0) is 11.3. The molecule has 1 rings (SSSR count). The fourth-order valence-corrected chi connectivity index (χ4v) is 1.19. The van der Waals surface area contributed by atoms with E-state index in [0.29, 0.717) is 12.4 Å². The van der Waals surface area contributed by atoms with E-state index < -0.39 is 0 Å². The molecule has 84 valence electrons. The molecule has 15 heavy (non-hydrogen) atoms. The van der Waals surface area contributed by atoms with E-state index in [9.17, 15) is 4.39 Å². The Hall–Kier alpha value is -1.09. The average Bonchev–Trinajstić information content (AvgIpc) is 2.21. The molecule has 1 aromatic rings. The smallest absolute Gasteiger partial charge is 0.165 e. The van der Waals surface area contributed by atoms with Gasteiger partial charge in [-0.2, -0.15) is 0 Å². The maximum atomic E-state index is 13.3. The van der Waals surface area contributed by atoms with Gasteiger partial charge in [0.15, 0.2) is 11.6 Å². The van der Waals surface area contributed by atoms with Crippen LogP contribution in [0.4, 0.5) is 4.39 Å². The predicted octanol–water partition coefficient (Wildman–Crippen LogP) is 2.46.